The Morgan fingerprint density at radius 3 is 2.74 bits per heavy atom. The maximum absolute atomic E-state index is 12.2. The average molecular weight is 264 g/mol. The number of aliphatic carboxylic acids is 1. The molecule has 102 valence electrons. The average Bonchev–Trinajstić information content (AvgIpc) is 2.87. The number of carboxylic acid groups (broad SMARTS) is 1. The van der Waals surface area contributed by atoms with Gasteiger partial charge in [-0.15, -0.1) is 0 Å². The number of hydrogen-bond donors (Lipinski definition) is 2. The van der Waals surface area contributed by atoms with E-state index >= 15 is 0 Å². The lowest BCUT2D eigenvalue weighted by atomic mass is 10.1. The van der Waals surface area contributed by atoms with Gasteiger partial charge in [-0.1, -0.05) is 0 Å². The number of nitrogen functional groups attached to an aromatic ring is 1. The van der Waals surface area contributed by atoms with Crippen LogP contribution in [0.2, 0.25) is 0 Å². The number of likely N-dealkylation sites (tertiary alicyclic amines) is 1. The van der Waals surface area contributed by atoms with Crippen LogP contribution in [0.15, 0.2) is 18.2 Å². The van der Waals surface area contributed by atoms with Gasteiger partial charge >= 0.3 is 5.97 Å². The highest BCUT2D eigenvalue weighted by atomic mass is 16.5. The first-order valence-electron chi connectivity index (χ1n) is 5.98. The van der Waals surface area contributed by atoms with Crippen LogP contribution >= 0.6 is 0 Å². The number of nitrogens with zero attached hydrogens (tertiary/aromatic N) is 1. The van der Waals surface area contributed by atoms with Gasteiger partial charge in [0.1, 0.15) is 5.75 Å². The highest BCUT2D eigenvalue weighted by molar-refractivity contribution is 5.99. The highest BCUT2D eigenvalue weighted by Gasteiger charge is 2.31. The third-order valence-electron chi connectivity index (χ3n) is 3.31. The molecule has 1 aliphatic rings. The van der Waals surface area contributed by atoms with Crippen LogP contribution in [0.25, 0.3) is 0 Å². The second-order valence-electron chi connectivity index (χ2n) is 4.53. The molecule has 1 aliphatic heterocycles. The fourth-order valence-electron chi connectivity index (χ4n) is 2.18. The van der Waals surface area contributed by atoms with Crippen LogP contribution in [-0.2, 0) is 4.79 Å². The monoisotopic (exact) mass is 264 g/mol. The Labute approximate surface area is 110 Å². The Bertz CT molecular complexity index is 515. The van der Waals surface area contributed by atoms with E-state index in [0.29, 0.717) is 30.0 Å². The summed E-state index contributed by atoms with van der Waals surface area (Å²) in [6, 6.07) is 4.84. The van der Waals surface area contributed by atoms with Gasteiger partial charge in [-0.2, -0.15) is 0 Å². The van der Waals surface area contributed by atoms with Crippen LogP contribution in [0.5, 0.6) is 5.75 Å². The van der Waals surface area contributed by atoms with E-state index in [1.807, 2.05) is 0 Å². The van der Waals surface area contributed by atoms with Crippen molar-refractivity contribution in [1.82, 2.24) is 4.90 Å². The van der Waals surface area contributed by atoms with Crippen molar-refractivity contribution in [3.8, 4) is 5.75 Å². The van der Waals surface area contributed by atoms with Gasteiger partial charge in [-0.25, -0.2) is 0 Å². The van der Waals surface area contributed by atoms with Gasteiger partial charge in [-0.3, -0.25) is 9.59 Å². The van der Waals surface area contributed by atoms with Crippen LogP contribution in [0.1, 0.15) is 16.8 Å². The lowest BCUT2D eigenvalue weighted by Gasteiger charge is -2.17. The molecule has 1 aromatic carbocycles. The minimum absolute atomic E-state index is 0.232. The topological polar surface area (TPSA) is 92.9 Å². The Morgan fingerprint density at radius 1 is 1.47 bits per heavy atom. The van der Waals surface area contributed by atoms with Crippen molar-refractivity contribution < 1.29 is 19.4 Å². The van der Waals surface area contributed by atoms with Gasteiger partial charge in [0, 0.05) is 24.8 Å². The molecule has 1 unspecified atom stereocenters. The Kier molecular flexibility index (Phi) is 3.59. The van der Waals surface area contributed by atoms with Crippen LogP contribution < -0.4 is 10.5 Å². The summed E-state index contributed by atoms with van der Waals surface area (Å²) < 4.78 is 5.02. The number of carbonyl (C=O) groups excluding carboxylic acids is 1. The van der Waals surface area contributed by atoms with Crippen LogP contribution in [0.3, 0.4) is 0 Å². The molecule has 19 heavy (non-hydrogen) atoms. The summed E-state index contributed by atoms with van der Waals surface area (Å²) in [6.45, 7) is 0.681. The number of carbonyl (C=O) groups is 2. The summed E-state index contributed by atoms with van der Waals surface area (Å²) in [6.07, 6.45) is 0.483. The fraction of sp³-hybridized carbons (Fsp3) is 0.385. The van der Waals surface area contributed by atoms with Gasteiger partial charge in [0.25, 0.3) is 5.91 Å². The maximum Gasteiger partial charge on any atom is 0.308 e. The lowest BCUT2D eigenvalue weighted by molar-refractivity contribution is -0.141. The van der Waals surface area contributed by atoms with Gasteiger partial charge in [0.2, 0.25) is 0 Å². The zero-order chi connectivity index (χ0) is 14.0. The first kappa shape index (κ1) is 13.2. The first-order chi connectivity index (χ1) is 9.02. The number of methoxy groups -OCH3 is 1. The van der Waals surface area contributed by atoms with E-state index < -0.39 is 11.9 Å². The molecule has 3 N–H and O–H groups in total. The SMILES string of the molecule is COc1ccc(C(=O)N2CCC(C(=O)O)C2)c(N)c1. The van der Waals surface area contributed by atoms with Crippen LogP contribution in [-0.4, -0.2) is 42.1 Å². The van der Waals surface area contributed by atoms with Gasteiger partial charge in [0.05, 0.1) is 18.6 Å². The number of nitrogens with two attached hydrogens (primary N) is 1. The minimum Gasteiger partial charge on any atom is -0.497 e. The third-order valence-corrected chi connectivity index (χ3v) is 3.31. The van der Waals surface area contributed by atoms with Crippen LogP contribution in [0.4, 0.5) is 5.69 Å². The number of anilines is 1. The summed E-state index contributed by atoms with van der Waals surface area (Å²) in [5.74, 6) is -0.996. The number of hydrogen-bond acceptors (Lipinski definition) is 4. The first-order valence-corrected chi connectivity index (χ1v) is 5.98. The molecule has 0 saturated carbocycles. The fourth-order valence-corrected chi connectivity index (χ4v) is 2.18. The van der Waals surface area contributed by atoms with Crippen molar-refractivity contribution >= 4 is 17.6 Å². The van der Waals surface area contributed by atoms with E-state index in [1.54, 1.807) is 18.2 Å². The zero-order valence-corrected chi connectivity index (χ0v) is 10.6. The summed E-state index contributed by atoms with van der Waals surface area (Å²) >= 11 is 0. The molecule has 0 bridgehead atoms. The molecule has 1 amide bonds. The van der Waals surface area contributed by atoms with Crippen molar-refractivity contribution in [3.63, 3.8) is 0 Å². The number of rotatable bonds is 3. The van der Waals surface area contributed by atoms with Gasteiger partial charge < -0.3 is 20.5 Å². The molecule has 6 heteroatoms. The summed E-state index contributed by atoms with van der Waals surface area (Å²) in [7, 11) is 1.52. The molecule has 1 heterocycles. The summed E-state index contributed by atoms with van der Waals surface area (Å²) in [4.78, 5) is 24.6. The van der Waals surface area contributed by atoms with Crippen LogP contribution in [0, 0.1) is 5.92 Å². The standard InChI is InChI=1S/C13H16N2O4/c1-19-9-2-3-10(11(14)6-9)12(16)15-5-4-8(7-15)13(17)18/h2-3,6,8H,4-5,7,14H2,1H3,(H,17,18). The number of carboxylic acids is 1. The largest absolute Gasteiger partial charge is 0.497 e. The van der Waals surface area contributed by atoms with E-state index in [1.165, 1.54) is 12.0 Å². The van der Waals surface area contributed by atoms with Crippen molar-refractivity contribution in [1.29, 1.82) is 0 Å². The zero-order valence-electron chi connectivity index (χ0n) is 10.6. The molecular weight excluding hydrogens is 248 g/mol. The summed E-state index contributed by atoms with van der Waals surface area (Å²) in [5.41, 5.74) is 6.53. The molecular formula is C13H16N2O4. The van der Waals surface area contributed by atoms with Crippen molar-refractivity contribution in [2.24, 2.45) is 5.92 Å². The molecule has 0 aromatic heterocycles. The smallest absolute Gasteiger partial charge is 0.308 e. The predicted octanol–water partition coefficient (Wildman–Crippen LogP) is 0.824. The molecule has 1 atom stereocenters. The van der Waals surface area contributed by atoms with Gasteiger partial charge in [0.15, 0.2) is 0 Å². The molecule has 1 saturated heterocycles. The molecule has 0 aliphatic carbocycles. The molecule has 0 radical (unpaired) electrons. The van der Waals surface area contributed by atoms with Crippen molar-refractivity contribution in [3.05, 3.63) is 23.8 Å². The normalized spacial score (nSPS) is 18.4. The van der Waals surface area contributed by atoms with Crippen molar-refractivity contribution in [2.45, 2.75) is 6.42 Å². The number of ether oxygens (including phenoxy) is 1. The Balaban J connectivity index is 2.14. The number of amides is 1. The maximum atomic E-state index is 12.2. The van der Waals surface area contributed by atoms with E-state index in [9.17, 15) is 9.59 Å². The Morgan fingerprint density at radius 2 is 2.21 bits per heavy atom. The van der Waals surface area contributed by atoms with Crippen molar-refractivity contribution in [2.75, 3.05) is 25.9 Å². The third kappa shape index (κ3) is 2.62. The molecule has 0 spiro atoms. The quantitative estimate of drug-likeness (QED) is 0.788. The highest BCUT2D eigenvalue weighted by Crippen LogP contribution is 2.24. The number of benzene rings is 1. The minimum atomic E-state index is -0.863. The molecule has 2 rings (SSSR count). The molecule has 6 nitrogen and oxygen atoms in total. The second kappa shape index (κ2) is 5.17. The molecule has 1 fully saturated rings. The van der Waals surface area contributed by atoms with Gasteiger partial charge in [-0.05, 0) is 18.6 Å². The van der Waals surface area contributed by atoms with E-state index in [-0.39, 0.29) is 12.5 Å². The van der Waals surface area contributed by atoms with E-state index in [2.05, 4.69) is 0 Å². The molecule has 1 aromatic rings. The Hall–Kier alpha value is -2.24. The summed E-state index contributed by atoms with van der Waals surface area (Å²) in [5, 5.41) is 8.93. The second-order valence-corrected chi connectivity index (χ2v) is 4.53. The van der Waals surface area contributed by atoms with E-state index in [4.69, 9.17) is 15.6 Å². The van der Waals surface area contributed by atoms with E-state index in [0.717, 1.165) is 0 Å². The predicted molar refractivity (Wildman–Crippen MR) is 69.1 cm³/mol. The lowest BCUT2D eigenvalue weighted by Crippen LogP contribution is -2.30.